The van der Waals surface area contributed by atoms with Crippen molar-refractivity contribution in [2.75, 3.05) is 7.11 Å². The molecule has 3 heteroatoms. The molecule has 2 unspecified atom stereocenters. The highest BCUT2D eigenvalue weighted by molar-refractivity contribution is 9.09. The van der Waals surface area contributed by atoms with E-state index in [0.717, 1.165) is 19.3 Å². The highest BCUT2D eigenvalue weighted by Crippen LogP contribution is 2.29. The second kappa shape index (κ2) is 4.10. The number of hydrogen-bond donors (Lipinski definition) is 0. The number of esters is 1. The molecule has 2 atom stereocenters. The first kappa shape index (κ1) is 9.04. The van der Waals surface area contributed by atoms with Crippen LogP contribution in [0.25, 0.3) is 0 Å². The van der Waals surface area contributed by atoms with Gasteiger partial charge in [0.1, 0.15) is 0 Å². The fourth-order valence-electron chi connectivity index (χ4n) is 1.51. The summed E-state index contributed by atoms with van der Waals surface area (Å²) in [5, 5.41) is 0. The molecule has 0 bridgehead atoms. The summed E-state index contributed by atoms with van der Waals surface area (Å²) in [5.74, 6) is 0.0901. The van der Waals surface area contributed by atoms with E-state index in [0.29, 0.717) is 4.83 Å². The molecular weight excluding hydrogens is 208 g/mol. The van der Waals surface area contributed by atoms with Gasteiger partial charge in [0.05, 0.1) is 13.0 Å². The van der Waals surface area contributed by atoms with Crippen molar-refractivity contribution in [3.63, 3.8) is 0 Å². The lowest BCUT2D eigenvalue weighted by Crippen LogP contribution is -2.23. The van der Waals surface area contributed by atoms with Gasteiger partial charge in [0.2, 0.25) is 0 Å². The summed E-state index contributed by atoms with van der Waals surface area (Å²) < 4.78 is 4.68. The van der Waals surface area contributed by atoms with Gasteiger partial charge in [0, 0.05) is 4.83 Å². The molecule has 0 radical (unpaired) electrons. The maximum absolute atomic E-state index is 11.1. The third-order valence-electron chi connectivity index (χ3n) is 2.14. The smallest absolute Gasteiger partial charge is 0.308 e. The van der Waals surface area contributed by atoms with Crippen LogP contribution in [0.15, 0.2) is 0 Å². The Balaban J connectivity index is 2.39. The summed E-state index contributed by atoms with van der Waals surface area (Å²) in [6.07, 6.45) is 4.25. The number of alkyl halides is 1. The Morgan fingerprint density at radius 1 is 1.55 bits per heavy atom. The van der Waals surface area contributed by atoms with Crippen LogP contribution in [0.3, 0.4) is 0 Å². The summed E-state index contributed by atoms with van der Waals surface area (Å²) >= 11 is 3.52. The van der Waals surface area contributed by atoms with Crippen LogP contribution < -0.4 is 0 Å². The average molecular weight is 221 g/mol. The molecule has 0 aromatic rings. The van der Waals surface area contributed by atoms with Crippen molar-refractivity contribution >= 4 is 21.9 Å². The van der Waals surface area contributed by atoms with Crippen LogP contribution >= 0.6 is 15.9 Å². The molecule has 64 valence electrons. The number of ether oxygens (including phenoxy) is 1. The molecule has 1 aliphatic rings. The Kier molecular flexibility index (Phi) is 3.37. The van der Waals surface area contributed by atoms with Gasteiger partial charge in [-0.25, -0.2) is 0 Å². The largest absolute Gasteiger partial charge is 0.469 e. The SMILES string of the molecule is COC(=O)C1CCCC(Br)C1. The molecule has 0 spiro atoms. The highest BCUT2D eigenvalue weighted by Gasteiger charge is 2.26. The highest BCUT2D eigenvalue weighted by atomic mass is 79.9. The van der Waals surface area contributed by atoms with Crippen molar-refractivity contribution < 1.29 is 9.53 Å². The van der Waals surface area contributed by atoms with Gasteiger partial charge in [-0.2, -0.15) is 0 Å². The quantitative estimate of drug-likeness (QED) is 0.500. The Hall–Kier alpha value is -0.0500. The van der Waals surface area contributed by atoms with E-state index in [2.05, 4.69) is 20.7 Å². The molecule has 0 heterocycles. The van der Waals surface area contributed by atoms with Crippen molar-refractivity contribution in [2.45, 2.75) is 30.5 Å². The minimum Gasteiger partial charge on any atom is -0.469 e. The zero-order valence-corrected chi connectivity index (χ0v) is 8.26. The predicted octanol–water partition coefficient (Wildman–Crippen LogP) is 2.11. The van der Waals surface area contributed by atoms with Gasteiger partial charge >= 0.3 is 5.97 Å². The number of carbonyl (C=O) groups is 1. The van der Waals surface area contributed by atoms with Crippen molar-refractivity contribution in [2.24, 2.45) is 5.92 Å². The predicted molar refractivity (Wildman–Crippen MR) is 46.7 cm³/mol. The molecule has 0 aliphatic heterocycles. The summed E-state index contributed by atoms with van der Waals surface area (Å²) in [6.45, 7) is 0. The molecule has 0 amide bonds. The van der Waals surface area contributed by atoms with E-state index in [9.17, 15) is 4.79 Å². The van der Waals surface area contributed by atoms with Gasteiger partial charge in [-0.15, -0.1) is 0 Å². The minimum absolute atomic E-state index is 0.0471. The fourth-order valence-corrected chi connectivity index (χ4v) is 2.29. The molecule has 0 saturated heterocycles. The monoisotopic (exact) mass is 220 g/mol. The van der Waals surface area contributed by atoms with Gasteiger partial charge < -0.3 is 4.74 Å². The summed E-state index contributed by atoms with van der Waals surface area (Å²) in [6, 6.07) is 0. The van der Waals surface area contributed by atoms with Crippen molar-refractivity contribution in [3.8, 4) is 0 Å². The van der Waals surface area contributed by atoms with Crippen molar-refractivity contribution in [1.29, 1.82) is 0 Å². The molecule has 1 aliphatic carbocycles. The molecule has 0 N–H and O–H groups in total. The van der Waals surface area contributed by atoms with Gasteiger partial charge in [0.15, 0.2) is 0 Å². The zero-order chi connectivity index (χ0) is 8.27. The lowest BCUT2D eigenvalue weighted by atomic mass is 9.89. The van der Waals surface area contributed by atoms with Crippen LogP contribution in [-0.2, 0) is 9.53 Å². The molecule has 0 aromatic heterocycles. The molecule has 1 rings (SSSR count). The van der Waals surface area contributed by atoms with Crippen LogP contribution in [-0.4, -0.2) is 17.9 Å². The third kappa shape index (κ3) is 2.47. The van der Waals surface area contributed by atoms with Gasteiger partial charge in [0.25, 0.3) is 0 Å². The first-order valence-corrected chi connectivity index (χ1v) is 4.87. The standard InChI is InChI=1S/C8H13BrO2/c1-11-8(10)6-3-2-4-7(9)5-6/h6-7H,2-5H2,1H3. The van der Waals surface area contributed by atoms with Crippen LogP contribution in [0.5, 0.6) is 0 Å². The fraction of sp³-hybridized carbons (Fsp3) is 0.875. The van der Waals surface area contributed by atoms with E-state index in [1.165, 1.54) is 13.5 Å². The van der Waals surface area contributed by atoms with E-state index in [1.807, 2.05) is 0 Å². The lowest BCUT2D eigenvalue weighted by Gasteiger charge is -2.23. The van der Waals surface area contributed by atoms with Crippen LogP contribution in [0.2, 0.25) is 0 Å². The molecule has 1 saturated carbocycles. The van der Waals surface area contributed by atoms with Gasteiger partial charge in [-0.05, 0) is 19.3 Å². The summed E-state index contributed by atoms with van der Waals surface area (Å²) in [4.78, 5) is 11.6. The number of methoxy groups -OCH3 is 1. The molecular formula is C8H13BrO2. The normalized spacial score (nSPS) is 31.5. The van der Waals surface area contributed by atoms with E-state index < -0.39 is 0 Å². The average Bonchev–Trinajstić information content (AvgIpc) is 2.03. The van der Waals surface area contributed by atoms with Crippen molar-refractivity contribution in [3.05, 3.63) is 0 Å². The topological polar surface area (TPSA) is 26.3 Å². The number of halogens is 1. The molecule has 0 aromatic carbocycles. The first-order valence-electron chi connectivity index (χ1n) is 3.96. The van der Waals surface area contributed by atoms with Crippen LogP contribution in [0, 0.1) is 5.92 Å². The minimum atomic E-state index is -0.0471. The number of rotatable bonds is 1. The lowest BCUT2D eigenvalue weighted by molar-refractivity contribution is -0.146. The zero-order valence-electron chi connectivity index (χ0n) is 6.68. The van der Waals surface area contributed by atoms with E-state index in [1.54, 1.807) is 0 Å². The van der Waals surface area contributed by atoms with Crippen LogP contribution in [0.4, 0.5) is 0 Å². The summed E-state index contributed by atoms with van der Waals surface area (Å²) in [7, 11) is 1.46. The second-order valence-corrected chi connectivity index (χ2v) is 4.28. The molecule has 2 nitrogen and oxygen atoms in total. The Bertz CT molecular complexity index is 147. The maximum atomic E-state index is 11.1. The van der Waals surface area contributed by atoms with Crippen molar-refractivity contribution in [1.82, 2.24) is 0 Å². The molecule has 11 heavy (non-hydrogen) atoms. The Labute approximate surface area is 75.4 Å². The van der Waals surface area contributed by atoms with Gasteiger partial charge in [-0.3, -0.25) is 4.79 Å². The third-order valence-corrected chi connectivity index (χ3v) is 2.98. The van der Waals surface area contributed by atoms with E-state index in [4.69, 9.17) is 0 Å². The first-order chi connectivity index (χ1) is 5.24. The maximum Gasteiger partial charge on any atom is 0.308 e. The molecule has 1 fully saturated rings. The van der Waals surface area contributed by atoms with Crippen LogP contribution in [0.1, 0.15) is 25.7 Å². The second-order valence-electron chi connectivity index (χ2n) is 2.98. The Morgan fingerprint density at radius 3 is 2.82 bits per heavy atom. The van der Waals surface area contributed by atoms with E-state index >= 15 is 0 Å². The van der Waals surface area contributed by atoms with E-state index in [-0.39, 0.29) is 11.9 Å². The Morgan fingerprint density at radius 2 is 2.27 bits per heavy atom. The summed E-state index contributed by atoms with van der Waals surface area (Å²) in [5.41, 5.74) is 0. The number of hydrogen-bond acceptors (Lipinski definition) is 2. The van der Waals surface area contributed by atoms with Gasteiger partial charge in [-0.1, -0.05) is 22.4 Å². The number of carbonyl (C=O) groups excluding carboxylic acids is 1.